The highest BCUT2D eigenvalue weighted by Gasteiger charge is 2.24. The minimum atomic E-state index is 0.151. The van der Waals surface area contributed by atoms with Crippen LogP contribution in [0.25, 0.3) is 0 Å². The van der Waals surface area contributed by atoms with Gasteiger partial charge in [-0.2, -0.15) is 5.26 Å². The molecule has 0 amide bonds. The molecular formula is C10H14N4. The fourth-order valence-corrected chi connectivity index (χ4v) is 1.92. The average Bonchev–Trinajstić information content (AvgIpc) is 2.59. The monoisotopic (exact) mass is 190 g/mol. The van der Waals surface area contributed by atoms with Crippen LogP contribution in [0.2, 0.25) is 0 Å². The molecule has 0 aliphatic heterocycles. The van der Waals surface area contributed by atoms with Gasteiger partial charge in [-0.15, -0.1) is 5.10 Å². The van der Waals surface area contributed by atoms with Crippen LogP contribution in [0.1, 0.15) is 37.7 Å². The second kappa shape index (κ2) is 3.41. The Morgan fingerprint density at radius 3 is 3.00 bits per heavy atom. The Hall–Kier alpha value is -1.37. The number of rotatable bonds is 1. The summed E-state index contributed by atoms with van der Waals surface area (Å²) in [7, 11) is 0. The molecule has 4 heteroatoms. The van der Waals surface area contributed by atoms with Crippen LogP contribution in [0.4, 0.5) is 0 Å². The van der Waals surface area contributed by atoms with E-state index >= 15 is 0 Å². The third kappa shape index (κ3) is 1.39. The molecule has 0 fully saturated rings. The maximum atomic E-state index is 8.88. The zero-order valence-electron chi connectivity index (χ0n) is 8.56. The molecule has 0 saturated carbocycles. The van der Waals surface area contributed by atoms with Crippen LogP contribution < -0.4 is 0 Å². The smallest absolute Gasteiger partial charge is 0.0860 e. The van der Waals surface area contributed by atoms with Crippen molar-refractivity contribution in [3.63, 3.8) is 0 Å². The summed E-state index contributed by atoms with van der Waals surface area (Å²) in [5.74, 6) is 0.151. The lowest BCUT2D eigenvalue weighted by Crippen LogP contribution is -2.17. The highest BCUT2D eigenvalue weighted by atomic mass is 15.4. The normalized spacial score (nSPS) is 20.6. The molecule has 0 aromatic carbocycles. The van der Waals surface area contributed by atoms with Crippen molar-refractivity contribution in [3.8, 4) is 6.07 Å². The fourth-order valence-electron chi connectivity index (χ4n) is 1.92. The van der Waals surface area contributed by atoms with Crippen molar-refractivity contribution in [2.75, 3.05) is 0 Å². The first-order valence-electron chi connectivity index (χ1n) is 5.05. The van der Waals surface area contributed by atoms with E-state index < -0.39 is 0 Å². The lowest BCUT2D eigenvalue weighted by Gasteiger charge is -2.17. The highest BCUT2D eigenvalue weighted by Crippen LogP contribution is 2.24. The highest BCUT2D eigenvalue weighted by molar-refractivity contribution is 5.17. The van der Waals surface area contributed by atoms with Crippen molar-refractivity contribution in [3.05, 3.63) is 11.4 Å². The summed E-state index contributed by atoms with van der Waals surface area (Å²) in [4.78, 5) is 0. The van der Waals surface area contributed by atoms with E-state index in [1.54, 1.807) is 0 Å². The van der Waals surface area contributed by atoms with E-state index in [0.29, 0.717) is 6.04 Å². The SMILES string of the molecule is CC(C)n1nnc2c1CC(C#N)CC2. The van der Waals surface area contributed by atoms with Gasteiger partial charge in [-0.25, -0.2) is 4.68 Å². The van der Waals surface area contributed by atoms with Crippen LogP contribution in [-0.4, -0.2) is 15.0 Å². The van der Waals surface area contributed by atoms with Gasteiger partial charge in [-0.1, -0.05) is 5.21 Å². The molecule has 2 rings (SSSR count). The zero-order valence-corrected chi connectivity index (χ0v) is 8.56. The molecule has 74 valence electrons. The summed E-state index contributed by atoms with van der Waals surface area (Å²) >= 11 is 0. The van der Waals surface area contributed by atoms with Crippen molar-refractivity contribution in [2.24, 2.45) is 5.92 Å². The van der Waals surface area contributed by atoms with Crippen LogP contribution in [0.5, 0.6) is 0 Å². The molecule has 0 spiro atoms. The number of hydrogen-bond donors (Lipinski definition) is 0. The maximum absolute atomic E-state index is 8.88. The average molecular weight is 190 g/mol. The molecule has 1 heterocycles. The number of aryl methyl sites for hydroxylation is 1. The summed E-state index contributed by atoms with van der Waals surface area (Å²) < 4.78 is 1.94. The first kappa shape index (κ1) is 9.20. The van der Waals surface area contributed by atoms with Gasteiger partial charge in [-0.05, 0) is 26.7 Å². The predicted octanol–water partition coefficient (Wildman–Crippen LogP) is 1.49. The molecule has 1 aliphatic rings. The van der Waals surface area contributed by atoms with Crippen molar-refractivity contribution >= 4 is 0 Å². The Kier molecular flexibility index (Phi) is 2.24. The quantitative estimate of drug-likeness (QED) is 0.674. The summed E-state index contributed by atoms with van der Waals surface area (Å²) in [6, 6.07) is 2.67. The number of nitriles is 1. The Labute approximate surface area is 83.5 Å². The zero-order chi connectivity index (χ0) is 10.1. The van der Waals surface area contributed by atoms with E-state index in [4.69, 9.17) is 5.26 Å². The first-order chi connectivity index (χ1) is 6.72. The molecule has 1 aromatic heterocycles. The van der Waals surface area contributed by atoms with Crippen molar-refractivity contribution in [1.82, 2.24) is 15.0 Å². The lowest BCUT2D eigenvalue weighted by molar-refractivity contribution is 0.466. The van der Waals surface area contributed by atoms with E-state index in [2.05, 4.69) is 30.2 Å². The van der Waals surface area contributed by atoms with Crippen LogP contribution in [0, 0.1) is 17.2 Å². The maximum Gasteiger partial charge on any atom is 0.0860 e. The first-order valence-corrected chi connectivity index (χ1v) is 5.05. The molecule has 0 saturated heterocycles. The molecule has 14 heavy (non-hydrogen) atoms. The Morgan fingerprint density at radius 1 is 1.57 bits per heavy atom. The van der Waals surface area contributed by atoms with Gasteiger partial charge in [0, 0.05) is 12.5 Å². The molecular weight excluding hydrogens is 176 g/mol. The van der Waals surface area contributed by atoms with Gasteiger partial charge in [0.25, 0.3) is 0 Å². The topological polar surface area (TPSA) is 54.5 Å². The third-order valence-electron chi connectivity index (χ3n) is 2.71. The van der Waals surface area contributed by atoms with Crippen LogP contribution in [0.15, 0.2) is 0 Å². The van der Waals surface area contributed by atoms with E-state index in [0.717, 1.165) is 30.7 Å². The molecule has 0 radical (unpaired) electrons. The number of fused-ring (bicyclic) bond motifs is 1. The molecule has 1 atom stereocenters. The molecule has 1 aromatic rings. The standard InChI is InChI=1S/C10H14N4/c1-7(2)14-10-5-8(6-11)3-4-9(10)12-13-14/h7-8H,3-5H2,1-2H3. The molecule has 4 nitrogen and oxygen atoms in total. The van der Waals surface area contributed by atoms with Gasteiger partial charge in [-0.3, -0.25) is 0 Å². The van der Waals surface area contributed by atoms with Gasteiger partial charge >= 0.3 is 0 Å². The number of aromatic nitrogens is 3. The van der Waals surface area contributed by atoms with Crippen LogP contribution >= 0.6 is 0 Å². The van der Waals surface area contributed by atoms with Gasteiger partial charge in [0.15, 0.2) is 0 Å². The molecule has 1 unspecified atom stereocenters. The third-order valence-corrected chi connectivity index (χ3v) is 2.71. The van der Waals surface area contributed by atoms with E-state index in [1.807, 2.05) is 4.68 Å². The van der Waals surface area contributed by atoms with Crippen LogP contribution in [-0.2, 0) is 12.8 Å². The summed E-state index contributed by atoms with van der Waals surface area (Å²) in [5.41, 5.74) is 2.25. The van der Waals surface area contributed by atoms with Gasteiger partial charge < -0.3 is 0 Å². The van der Waals surface area contributed by atoms with Gasteiger partial charge in [0.05, 0.1) is 23.4 Å². The van der Waals surface area contributed by atoms with E-state index in [9.17, 15) is 0 Å². The molecule has 0 N–H and O–H groups in total. The van der Waals surface area contributed by atoms with Gasteiger partial charge in [0.2, 0.25) is 0 Å². The van der Waals surface area contributed by atoms with Crippen molar-refractivity contribution in [2.45, 2.75) is 39.2 Å². The Morgan fingerprint density at radius 2 is 2.36 bits per heavy atom. The molecule has 1 aliphatic carbocycles. The summed E-state index contributed by atoms with van der Waals surface area (Å²) in [5, 5.41) is 17.2. The second-order valence-electron chi connectivity index (χ2n) is 4.09. The molecule has 0 bridgehead atoms. The minimum absolute atomic E-state index is 0.151. The summed E-state index contributed by atoms with van der Waals surface area (Å²) in [6.07, 6.45) is 2.65. The number of hydrogen-bond acceptors (Lipinski definition) is 3. The number of nitrogens with zero attached hydrogens (tertiary/aromatic N) is 4. The summed E-state index contributed by atoms with van der Waals surface area (Å²) in [6.45, 7) is 4.18. The van der Waals surface area contributed by atoms with Crippen molar-refractivity contribution < 1.29 is 0 Å². The Balaban J connectivity index is 2.33. The fraction of sp³-hybridized carbons (Fsp3) is 0.700. The largest absolute Gasteiger partial charge is 0.247 e. The van der Waals surface area contributed by atoms with Crippen molar-refractivity contribution in [1.29, 1.82) is 5.26 Å². The second-order valence-corrected chi connectivity index (χ2v) is 4.09. The lowest BCUT2D eigenvalue weighted by atomic mass is 9.91. The predicted molar refractivity (Wildman–Crippen MR) is 51.5 cm³/mol. The van der Waals surface area contributed by atoms with Crippen LogP contribution in [0.3, 0.4) is 0 Å². The Bertz CT molecular complexity index is 372. The van der Waals surface area contributed by atoms with Gasteiger partial charge in [0.1, 0.15) is 0 Å². The van der Waals surface area contributed by atoms with E-state index in [1.165, 1.54) is 0 Å². The van der Waals surface area contributed by atoms with E-state index in [-0.39, 0.29) is 5.92 Å². The minimum Gasteiger partial charge on any atom is -0.247 e.